The molecular formula is C17H17NO3S. The third-order valence-corrected chi connectivity index (χ3v) is 3.79. The average molecular weight is 315 g/mol. The third kappa shape index (κ3) is 3.92. The Morgan fingerprint density at radius 3 is 2.59 bits per heavy atom. The first-order valence-electron chi connectivity index (χ1n) is 6.93. The summed E-state index contributed by atoms with van der Waals surface area (Å²) in [7, 11) is 0. The van der Waals surface area contributed by atoms with Gasteiger partial charge in [-0.15, -0.1) is 6.42 Å². The third-order valence-electron chi connectivity index (χ3n) is 2.88. The molecule has 1 aliphatic heterocycles. The highest BCUT2D eigenvalue weighted by molar-refractivity contribution is 8.18. The topological polar surface area (TPSA) is 46.6 Å². The maximum atomic E-state index is 12.1. The van der Waals surface area contributed by atoms with E-state index in [1.165, 1.54) is 0 Å². The monoisotopic (exact) mass is 315 g/mol. The maximum Gasteiger partial charge on any atom is 0.294 e. The van der Waals surface area contributed by atoms with Crippen molar-refractivity contribution in [1.29, 1.82) is 0 Å². The summed E-state index contributed by atoms with van der Waals surface area (Å²) in [5, 5.41) is -0.328. The van der Waals surface area contributed by atoms with Gasteiger partial charge in [0.25, 0.3) is 11.1 Å². The highest BCUT2D eigenvalue weighted by Gasteiger charge is 2.34. The highest BCUT2D eigenvalue weighted by Crippen LogP contribution is 2.32. The molecule has 0 radical (unpaired) electrons. The molecule has 1 heterocycles. The van der Waals surface area contributed by atoms with Gasteiger partial charge in [0.2, 0.25) is 0 Å². The fourth-order valence-electron chi connectivity index (χ4n) is 1.80. The second-order valence-corrected chi connectivity index (χ2v) is 6.24. The van der Waals surface area contributed by atoms with Gasteiger partial charge in [-0.2, -0.15) is 0 Å². The average Bonchev–Trinajstić information content (AvgIpc) is 2.74. The van der Waals surface area contributed by atoms with Crippen molar-refractivity contribution in [2.24, 2.45) is 5.92 Å². The summed E-state index contributed by atoms with van der Waals surface area (Å²) in [4.78, 5) is 25.2. The van der Waals surface area contributed by atoms with E-state index in [4.69, 9.17) is 11.2 Å². The maximum absolute atomic E-state index is 12.1. The van der Waals surface area contributed by atoms with Crippen LogP contribution in [0.1, 0.15) is 19.4 Å². The number of terminal acetylenes is 1. The molecule has 0 unspecified atom stereocenters. The molecular weight excluding hydrogens is 298 g/mol. The summed E-state index contributed by atoms with van der Waals surface area (Å²) in [6.45, 7) is 4.83. The molecule has 2 rings (SSSR count). The van der Waals surface area contributed by atoms with Gasteiger partial charge in [-0.05, 0) is 41.5 Å². The van der Waals surface area contributed by atoms with E-state index in [2.05, 4.69) is 19.8 Å². The number of hydrogen-bond acceptors (Lipinski definition) is 4. The van der Waals surface area contributed by atoms with Crippen LogP contribution in [0, 0.1) is 18.3 Å². The summed E-state index contributed by atoms with van der Waals surface area (Å²) < 4.78 is 5.60. The molecule has 0 bridgehead atoms. The molecule has 1 aromatic rings. The lowest BCUT2D eigenvalue weighted by atomic mass is 10.2. The quantitative estimate of drug-likeness (QED) is 0.617. The number of imide groups is 1. The van der Waals surface area contributed by atoms with Crippen molar-refractivity contribution in [2.75, 3.05) is 13.2 Å². The molecule has 22 heavy (non-hydrogen) atoms. The van der Waals surface area contributed by atoms with Gasteiger partial charge in [0.15, 0.2) is 0 Å². The van der Waals surface area contributed by atoms with Crippen LogP contribution >= 0.6 is 11.8 Å². The van der Waals surface area contributed by atoms with Gasteiger partial charge >= 0.3 is 0 Å². The molecule has 0 saturated carbocycles. The summed E-state index contributed by atoms with van der Waals surface area (Å²) >= 11 is 0.907. The number of amides is 2. The van der Waals surface area contributed by atoms with Crippen molar-refractivity contribution >= 4 is 29.0 Å². The fraction of sp³-hybridized carbons (Fsp3) is 0.294. The second kappa shape index (κ2) is 7.19. The summed E-state index contributed by atoms with van der Waals surface area (Å²) in [6, 6.07) is 7.40. The van der Waals surface area contributed by atoms with Crippen molar-refractivity contribution < 1.29 is 14.3 Å². The Morgan fingerprint density at radius 2 is 2.00 bits per heavy atom. The summed E-state index contributed by atoms with van der Waals surface area (Å²) in [5.74, 6) is 3.22. The van der Waals surface area contributed by atoms with E-state index in [9.17, 15) is 9.59 Å². The number of benzene rings is 1. The minimum absolute atomic E-state index is 0.00396. The normalized spacial score (nSPS) is 16.5. The van der Waals surface area contributed by atoms with Crippen molar-refractivity contribution in [2.45, 2.75) is 13.8 Å². The minimum atomic E-state index is -0.340. The van der Waals surface area contributed by atoms with Crippen molar-refractivity contribution in [3.05, 3.63) is 34.7 Å². The smallest absolute Gasteiger partial charge is 0.294 e. The molecule has 0 N–H and O–H groups in total. The van der Waals surface area contributed by atoms with E-state index in [0.29, 0.717) is 17.4 Å². The van der Waals surface area contributed by atoms with Crippen LogP contribution in [-0.4, -0.2) is 29.2 Å². The molecule has 1 fully saturated rings. The fourth-order valence-corrected chi connectivity index (χ4v) is 2.64. The lowest BCUT2D eigenvalue weighted by Gasteiger charge is -2.08. The Bertz CT molecular complexity index is 641. The van der Waals surface area contributed by atoms with E-state index in [-0.39, 0.29) is 17.7 Å². The second-order valence-electron chi connectivity index (χ2n) is 5.25. The molecule has 2 amide bonds. The predicted molar refractivity (Wildman–Crippen MR) is 88.3 cm³/mol. The molecule has 0 aromatic heterocycles. The first-order valence-corrected chi connectivity index (χ1v) is 7.74. The van der Waals surface area contributed by atoms with Gasteiger partial charge in [0.1, 0.15) is 5.75 Å². The van der Waals surface area contributed by atoms with Crippen LogP contribution in [-0.2, 0) is 4.79 Å². The van der Waals surface area contributed by atoms with Gasteiger partial charge in [-0.1, -0.05) is 31.9 Å². The molecule has 0 spiro atoms. The van der Waals surface area contributed by atoms with E-state index in [0.717, 1.165) is 28.0 Å². The number of nitrogens with zero attached hydrogens (tertiary/aromatic N) is 1. The van der Waals surface area contributed by atoms with Gasteiger partial charge in [-0.3, -0.25) is 14.5 Å². The zero-order chi connectivity index (χ0) is 16.1. The number of hydrogen-bond donors (Lipinski definition) is 0. The van der Waals surface area contributed by atoms with Crippen molar-refractivity contribution in [1.82, 2.24) is 4.90 Å². The SMILES string of the molecule is C#CCN1C(=O)SC(=Cc2ccc(OCC(C)C)cc2)C1=O. The standard InChI is InChI=1S/C17H17NO3S/c1-4-9-18-16(19)15(22-17(18)20)10-13-5-7-14(8-6-13)21-11-12(2)3/h1,5-8,10,12H,9,11H2,2-3H3. The van der Waals surface area contributed by atoms with E-state index in [1.54, 1.807) is 6.08 Å². The molecule has 5 heteroatoms. The van der Waals surface area contributed by atoms with Crippen LogP contribution in [0.15, 0.2) is 29.2 Å². The van der Waals surface area contributed by atoms with Crippen LogP contribution in [0.4, 0.5) is 4.79 Å². The molecule has 1 aliphatic rings. The summed E-state index contributed by atoms with van der Waals surface area (Å²) in [6.07, 6.45) is 6.85. The first-order chi connectivity index (χ1) is 10.5. The Hall–Kier alpha value is -2.19. The van der Waals surface area contributed by atoms with E-state index in [1.807, 2.05) is 24.3 Å². The van der Waals surface area contributed by atoms with Gasteiger partial charge < -0.3 is 4.74 Å². The minimum Gasteiger partial charge on any atom is -0.493 e. The van der Waals surface area contributed by atoms with E-state index < -0.39 is 0 Å². The molecule has 4 nitrogen and oxygen atoms in total. The van der Waals surface area contributed by atoms with Gasteiger partial charge in [-0.25, -0.2) is 0 Å². The highest BCUT2D eigenvalue weighted by atomic mass is 32.2. The van der Waals surface area contributed by atoms with Crippen LogP contribution in [0.2, 0.25) is 0 Å². The zero-order valence-electron chi connectivity index (χ0n) is 12.5. The van der Waals surface area contributed by atoms with Crippen molar-refractivity contribution in [3.8, 4) is 18.1 Å². The van der Waals surface area contributed by atoms with Crippen LogP contribution in [0.3, 0.4) is 0 Å². The Balaban J connectivity index is 2.08. The molecule has 1 aromatic carbocycles. The lowest BCUT2D eigenvalue weighted by Crippen LogP contribution is -2.28. The predicted octanol–water partition coefficient (Wildman–Crippen LogP) is 3.39. The first kappa shape index (κ1) is 16.2. The number of ether oxygens (including phenoxy) is 1. The molecule has 114 valence electrons. The van der Waals surface area contributed by atoms with E-state index >= 15 is 0 Å². The number of thioether (sulfide) groups is 1. The molecule has 0 atom stereocenters. The Kier molecular flexibility index (Phi) is 5.29. The van der Waals surface area contributed by atoms with Crippen LogP contribution in [0.5, 0.6) is 5.75 Å². The van der Waals surface area contributed by atoms with Crippen LogP contribution in [0.25, 0.3) is 6.08 Å². The Morgan fingerprint density at radius 1 is 1.32 bits per heavy atom. The van der Waals surface area contributed by atoms with Gasteiger partial charge in [0.05, 0.1) is 18.1 Å². The van der Waals surface area contributed by atoms with Crippen LogP contribution < -0.4 is 4.74 Å². The molecule has 0 aliphatic carbocycles. The largest absolute Gasteiger partial charge is 0.493 e. The number of rotatable bonds is 5. The number of carbonyl (C=O) groups excluding carboxylic acids is 2. The lowest BCUT2D eigenvalue weighted by molar-refractivity contribution is -0.122. The molecule has 1 saturated heterocycles. The van der Waals surface area contributed by atoms with Gasteiger partial charge in [0, 0.05) is 0 Å². The van der Waals surface area contributed by atoms with Crippen molar-refractivity contribution in [3.63, 3.8) is 0 Å². The number of carbonyl (C=O) groups is 2. The zero-order valence-corrected chi connectivity index (χ0v) is 13.4. The Labute approximate surface area is 134 Å². The summed E-state index contributed by atoms with van der Waals surface area (Å²) in [5.41, 5.74) is 0.836.